The molecule has 0 unspecified atom stereocenters. The molecular weight excluding hydrogens is 279 g/mol. The number of hydrogen-bond donors (Lipinski definition) is 0. The fourth-order valence-corrected chi connectivity index (χ4v) is 2.45. The van der Waals surface area contributed by atoms with Crippen molar-refractivity contribution in [2.45, 2.75) is 6.54 Å². The molecule has 0 radical (unpaired) electrons. The Balaban J connectivity index is 1.67. The number of rotatable bonds is 4. The molecule has 0 saturated carbocycles. The lowest BCUT2D eigenvalue weighted by Crippen LogP contribution is -2.35. The van der Waals surface area contributed by atoms with E-state index in [0.29, 0.717) is 6.54 Å². The summed E-state index contributed by atoms with van der Waals surface area (Å²) in [7, 11) is 0. The van der Waals surface area contributed by atoms with Crippen molar-refractivity contribution < 1.29 is 9.13 Å². The molecule has 0 N–H and O–H groups in total. The summed E-state index contributed by atoms with van der Waals surface area (Å²) in [5.41, 5.74) is 2.44. The molecular formula is C18H19FN2O. The Hall–Kier alpha value is -2.04. The second-order valence-electron chi connectivity index (χ2n) is 5.33. The molecule has 2 heterocycles. The van der Waals surface area contributed by atoms with Crippen molar-refractivity contribution in [3.63, 3.8) is 0 Å². The highest BCUT2D eigenvalue weighted by Gasteiger charge is 2.12. The maximum absolute atomic E-state index is 14.2. The van der Waals surface area contributed by atoms with E-state index in [2.05, 4.69) is 9.88 Å². The number of pyridine rings is 1. The first kappa shape index (κ1) is 14.9. The molecule has 1 fully saturated rings. The maximum Gasteiger partial charge on any atom is 0.128 e. The SMILES string of the molecule is Fc1cc(/C=C/c2ccccn2)ccc1CN1CCOCC1. The molecule has 1 aliphatic heterocycles. The van der Waals surface area contributed by atoms with E-state index in [1.807, 2.05) is 42.5 Å². The lowest BCUT2D eigenvalue weighted by molar-refractivity contribution is 0.0337. The van der Waals surface area contributed by atoms with Gasteiger partial charge in [0.25, 0.3) is 0 Å². The van der Waals surface area contributed by atoms with Gasteiger partial charge in [-0.3, -0.25) is 9.88 Å². The van der Waals surface area contributed by atoms with Crippen LogP contribution in [-0.2, 0) is 11.3 Å². The van der Waals surface area contributed by atoms with Crippen LogP contribution in [0.1, 0.15) is 16.8 Å². The van der Waals surface area contributed by atoms with E-state index in [1.165, 1.54) is 0 Å². The topological polar surface area (TPSA) is 25.4 Å². The van der Waals surface area contributed by atoms with Crippen LogP contribution in [-0.4, -0.2) is 36.2 Å². The lowest BCUT2D eigenvalue weighted by atomic mass is 10.1. The van der Waals surface area contributed by atoms with Crippen molar-refractivity contribution in [3.05, 3.63) is 65.2 Å². The van der Waals surface area contributed by atoms with Crippen LogP contribution in [0.15, 0.2) is 42.6 Å². The Morgan fingerprint density at radius 2 is 2.00 bits per heavy atom. The number of ether oxygens (including phenoxy) is 1. The highest BCUT2D eigenvalue weighted by Crippen LogP contribution is 2.15. The van der Waals surface area contributed by atoms with Crippen LogP contribution >= 0.6 is 0 Å². The zero-order valence-corrected chi connectivity index (χ0v) is 12.4. The van der Waals surface area contributed by atoms with Crippen molar-refractivity contribution in [1.29, 1.82) is 0 Å². The summed E-state index contributed by atoms with van der Waals surface area (Å²) in [4.78, 5) is 6.43. The number of halogens is 1. The van der Waals surface area contributed by atoms with Gasteiger partial charge in [-0.15, -0.1) is 0 Å². The van der Waals surface area contributed by atoms with Crippen LogP contribution in [0.3, 0.4) is 0 Å². The predicted octanol–water partition coefficient (Wildman–Crippen LogP) is 3.22. The first-order chi connectivity index (χ1) is 10.8. The van der Waals surface area contributed by atoms with E-state index < -0.39 is 0 Å². The molecule has 1 aromatic heterocycles. The number of hydrogen-bond acceptors (Lipinski definition) is 3. The number of morpholine rings is 1. The van der Waals surface area contributed by atoms with Gasteiger partial charge in [-0.25, -0.2) is 4.39 Å². The molecule has 22 heavy (non-hydrogen) atoms. The Kier molecular flexibility index (Phi) is 4.93. The minimum atomic E-state index is -0.158. The summed E-state index contributed by atoms with van der Waals surface area (Å²) in [5.74, 6) is -0.158. The predicted molar refractivity (Wildman–Crippen MR) is 85.7 cm³/mol. The molecule has 1 aromatic carbocycles. The average molecular weight is 298 g/mol. The van der Waals surface area contributed by atoms with Crippen LogP contribution in [0.4, 0.5) is 4.39 Å². The standard InChI is InChI=1S/C18H19FN2O/c19-18-13-15(5-7-17-3-1-2-8-20-17)4-6-16(18)14-21-9-11-22-12-10-21/h1-8,13H,9-12,14H2/b7-5+. The van der Waals surface area contributed by atoms with Crippen LogP contribution in [0.5, 0.6) is 0 Å². The van der Waals surface area contributed by atoms with E-state index in [1.54, 1.807) is 12.3 Å². The van der Waals surface area contributed by atoms with Gasteiger partial charge in [-0.1, -0.05) is 24.3 Å². The second-order valence-corrected chi connectivity index (χ2v) is 5.33. The van der Waals surface area contributed by atoms with Gasteiger partial charge < -0.3 is 4.74 Å². The van der Waals surface area contributed by atoms with Gasteiger partial charge >= 0.3 is 0 Å². The van der Waals surface area contributed by atoms with Crippen molar-refractivity contribution in [1.82, 2.24) is 9.88 Å². The highest BCUT2D eigenvalue weighted by atomic mass is 19.1. The van der Waals surface area contributed by atoms with E-state index in [4.69, 9.17) is 4.74 Å². The summed E-state index contributed by atoms with van der Waals surface area (Å²) < 4.78 is 19.5. The average Bonchev–Trinajstić information content (AvgIpc) is 2.57. The van der Waals surface area contributed by atoms with E-state index >= 15 is 0 Å². The molecule has 0 atom stereocenters. The third-order valence-corrected chi connectivity index (χ3v) is 3.71. The summed E-state index contributed by atoms with van der Waals surface area (Å²) in [6.45, 7) is 3.82. The first-order valence-electron chi connectivity index (χ1n) is 7.49. The number of nitrogens with zero attached hydrogens (tertiary/aromatic N) is 2. The molecule has 2 aromatic rings. The van der Waals surface area contributed by atoms with Crippen LogP contribution < -0.4 is 0 Å². The van der Waals surface area contributed by atoms with Crippen molar-refractivity contribution in [3.8, 4) is 0 Å². The van der Waals surface area contributed by atoms with E-state index in [9.17, 15) is 4.39 Å². The van der Waals surface area contributed by atoms with Crippen molar-refractivity contribution in [2.24, 2.45) is 0 Å². The summed E-state index contributed by atoms with van der Waals surface area (Å²) in [5, 5.41) is 0. The van der Waals surface area contributed by atoms with Gasteiger partial charge in [0.15, 0.2) is 0 Å². The number of benzene rings is 1. The molecule has 1 aliphatic rings. The Morgan fingerprint density at radius 3 is 2.73 bits per heavy atom. The molecule has 3 rings (SSSR count). The second kappa shape index (κ2) is 7.29. The van der Waals surface area contributed by atoms with Crippen molar-refractivity contribution in [2.75, 3.05) is 26.3 Å². The molecule has 4 heteroatoms. The van der Waals surface area contributed by atoms with Gasteiger partial charge in [0, 0.05) is 31.4 Å². The molecule has 114 valence electrons. The van der Waals surface area contributed by atoms with Crippen LogP contribution in [0.25, 0.3) is 12.2 Å². The third-order valence-electron chi connectivity index (χ3n) is 3.71. The maximum atomic E-state index is 14.2. The van der Waals surface area contributed by atoms with Crippen molar-refractivity contribution >= 4 is 12.2 Å². The first-order valence-corrected chi connectivity index (χ1v) is 7.49. The van der Waals surface area contributed by atoms with E-state index in [-0.39, 0.29) is 5.82 Å². The zero-order chi connectivity index (χ0) is 15.2. The largest absolute Gasteiger partial charge is 0.379 e. The Labute approximate surface area is 130 Å². The minimum absolute atomic E-state index is 0.158. The smallest absolute Gasteiger partial charge is 0.128 e. The van der Waals surface area contributed by atoms with Crippen LogP contribution in [0.2, 0.25) is 0 Å². The third kappa shape index (κ3) is 4.00. The number of aromatic nitrogens is 1. The monoisotopic (exact) mass is 298 g/mol. The van der Waals surface area contributed by atoms with Gasteiger partial charge in [0.1, 0.15) is 5.82 Å². The molecule has 1 saturated heterocycles. The Bertz CT molecular complexity index is 637. The highest BCUT2D eigenvalue weighted by molar-refractivity contribution is 5.68. The zero-order valence-electron chi connectivity index (χ0n) is 12.4. The van der Waals surface area contributed by atoms with E-state index in [0.717, 1.165) is 43.1 Å². The quantitative estimate of drug-likeness (QED) is 0.866. The lowest BCUT2D eigenvalue weighted by Gasteiger charge is -2.26. The summed E-state index contributed by atoms with van der Waals surface area (Å²) in [6.07, 6.45) is 5.51. The molecule has 3 nitrogen and oxygen atoms in total. The normalized spacial score (nSPS) is 16.2. The summed E-state index contributed by atoms with van der Waals surface area (Å²) >= 11 is 0. The minimum Gasteiger partial charge on any atom is -0.379 e. The van der Waals surface area contributed by atoms with Gasteiger partial charge in [-0.05, 0) is 29.8 Å². The fourth-order valence-electron chi connectivity index (χ4n) is 2.45. The molecule has 0 aliphatic carbocycles. The molecule has 0 spiro atoms. The molecule has 0 amide bonds. The Morgan fingerprint density at radius 1 is 1.14 bits per heavy atom. The van der Waals surface area contributed by atoms with Gasteiger partial charge in [-0.2, -0.15) is 0 Å². The van der Waals surface area contributed by atoms with Crippen LogP contribution in [0, 0.1) is 5.82 Å². The fraction of sp³-hybridized carbons (Fsp3) is 0.278. The summed E-state index contributed by atoms with van der Waals surface area (Å²) in [6, 6.07) is 11.1. The van der Waals surface area contributed by atoms with Gasteiger partial charge in [0.05, 0.1) is 18.9 Å². The van der Waals surface area contributed by atoms with Gasteiger partial charge in [0.2, 0.25) is 0 Å². The molecule has 0 bridgehead atoms.